The number of aromatic nitrogens is 1. The first-order chi connectivity index (χ1) is 10.2. The van der Waals surface area contributed by atoms with Gasteiger partial charge in [-0.05, 0) is 12.1 Å². The second-order valence-corrected chi connectivity index (χ2v) is 4.97. The number of hydrogen-bond acceptors (Lipinski definition) is 6. The largest absolute Gasteiger partial charge is 0.397 e. The fourth-order valence-electron chi connectivity index (χ4n) is 2.24. The average Bonchev–Trinajstić information content (AvgIpc) is 2.49. The van der Waals surface area contributed by atoms with E-state index in [-0.39, 0.29) is 5.91 Å². The number of hydrogen-bond donors (Lipinski definition) is 2. The fraction of sp³-hybridized carbons (Fsp3) is 0.500. The van der Waals surface area contributed by atoms with Crippen LogP contribution in [0.25, 0.3) is 0 Å². The zero-order valence-electron chi connectivity index (χ0n) is 12.0. The van der Waals surface area contributed by atoms with Crippen molar-refractivity contribution in [3.63, 3.8) is 0 Å². The van der Waals surface area contributed by atoms with Crippen molar-refractivity contribution in [3.05, 3.63) is 18.3 Å². The summed E-state index contributed by atoms with van der Waals surface area (Å²) in [5, 5.41) is 11.2. The molecule has 0 spiro atoms. The molecular formula is C14H20N6O. The van der Waals surface area contributed by atoms with E-state index in [1.165, 1.54) is 0 Å². The number of carbonyl (C=O) groups is 1. The van der Waals surface area contributed by atoms with Crippen molar-refractivity contribution in [2.24, 2.45) is 0 Å². The number of pyridine rings is 1. The molecule has 1 aliphatic heterocycles. The van der Waals surface area contributed by atoms with Crippen LogP contribution < -0.4 is 16.0 Å². The number of anilines is 2. The van der Waals surface area contributed by atoms with Gasteiger partial charge in [-0.2, -0.15) is 5.26 Å². The lowest BCUT2D eigenvalue weighted by Crippen LogP contribution is -2.49. The molecule has 0 saturated carbocycles. The van der Waals surface area contributed by atoms with Crippen molar-refractivity contribution in [2.45, 2.75) is 6.42 Å². The second-order valence-electron chi connectivity index (χ2n) is 4.97. The highest BCUT2D eigenvalue weighted by atomic mass is 16.2. The first-order valence-electron chi connectivity index (χ1n) is 7.01. The Bertz CT molecular complexity index is 501. The number of nitriles is 1. The maximum Gasteiger partial charge on any atom is 0.234 e. The van der Waals surface area contributed by atoms with Crippen molar-refractivity contribution < 1.29 is 4.79 Å². The van der Waals surface area contributed by atoms with Gasteiger partial charge in [0, 0.05) is 32.7 Å². The highest BCUT2D eigenvalue weighted by Crippen LogP contribution is 2.14. The lowest BCUT2D eigenvalue weighted by atomic mass is 10.3. The van der Waals surface area contributed by atoms with E-state index >= 15 is 0 Å². The molecule has 3 N–H and O–H groups in total. The first-order valence-corrected chi connectivity index (χ1v) is 7.01. The SMILES string of the molecule is N#CCCNC(=O)CN1CCN(c2ccc(N)cn2)CC1. The van der Waals surface area contributed by atoms with Gasteiger partial charge < -0.3 is 16.0 Å². The maximum atomic E-state index is 11.7. The summed E-state index contributed by atoms with van der Waals surface area (Å²) >= 11 is 0. The van der Waals surface area contributed by atoms with Crippen LogP contribution in [0.2, 0.25) is 0 Å². The van der Waals surface area contributed by atoms with Crippen LogP contribution in [0.1, 0.15) is 6.42 Å². The minimum absolute atomic E-state index is 0.0238. The van der Waals surface area contributed by atoms with Gasteiger partial charge in [-0.25, -0.2) is 4.98 Å². The van der Waals surface area contributed by atoms with Crippen molar-refractivity contribution in [2.75, 3.05) is 49.9 Å². The Morgan fingerprint density at radius 1 is 1.38 bits per heavy atom. The number of nitrogens with one attached hydrogen (secondary N) is 1. The topological polar surface area (TPSA) is 98.3 Å². The molecule has 1 aromatic rings. The van der Waals surface area contributed by atoms with E-state index in [4.69, 9.17) is 11.0 Å². The van der Waals surface area contributed by atoms with Crippen LogP contribution >= 0.6 is 0 Å². The standard InChI is InChI=1S/C14H20N6O/c15-4-1-5-17-14(21)11-19-6-8-20(9-7-19)13-3-2-12(16)10-18-13/h2-3,10H,1,5-9,11,16H2,(H,17,21). The third-order valence-electron chi connectivity index (χ3n) is 3.39. The third kappa shape index (κ3) is 4.61. The van der Waals surface area contributed by atoms with Gasteiger partial charge in [0.1, 0.15) is 5.82 Å². The van der Waals surface area contributed by atoms with E-state index in [9.17, 15) is 4.79 Å². The second kappa shape index (κ2) is 7.45. The van der Waals surface area contributed by atoms with Crippen molar-refractivity contribution in [1.82, 2.24) is 15.2 Å². The maximum absolute atomic E-state index is 11.7. The molecule has 0 radical (unpaired) electrons. The molecule has 0 bridgehead atoms. The van der Waals surface area contributed by atoms with Gasteiger partial charge >= 0.3 is 0 Å². The Morgan fingerprint density at radius 2 is 2.14 bits per heavy atom. The zero-order chi connectivity index (χ0) is 15.1. The van der Waals surface area contributed by atoms with E-state index < -0.39 is 0 Å². The van der Waals surface area contributed by atoms with Crippen LogP contribution in [-0.4, -0.2) is 55.1 Å². The summed E-state index contributed by atoms with van der Waals surface area (Å²) in [5.41, 5.74) is 6.29. The Labute approximate surface area is 124 Å². The number of nitrogens with zero attached hydrogens (tertiary/aromatic N) is 4. The highest BCUT2D eigenvalue weighted by molar-refractivity contribution is 5.78. The van der Waals surface area contributed by atoms with Gasteiger partial charge in [0.2, 0.25) is 5.91 Å². The Hall–Kier alpha value is -2.33. The van der Waals surface area contributed by atoms with Crippen molar-refractivity contribution >= 4 is 17.4 Å². The third-order valence-corrected chi connectivity index (χ3v) is 3.39. The minimum Gasteiger partial charge on any atom is -0.397 e. The number of carbonyl (C=O) groups excluding carboxylic acids is 1. The molecule has 1 fully saturated rings. The molecule has 0 unspecified atom stereocenters. The van der Waals surface area contributed by atoms with Crippen LogP contribution in [0.15, 0.2) is 18.3 Å². The summed E-state index contributed by atoms with van der Waals surface area (Å²) in [6, 6.07) is 5.76. The van der Waals surface area contributed by atoms with Crippen LogP contribution in [0.4, 0.5) is 11.5 Å². The van der Waals surface area contributed by atoms with E-state index in [1.54, 1.807) is 6.20 Å². The first kappa shape index (κ1) is 15.1. The predicted octanol–water partition coefficient (Wildman–Crippen LogP) is -0.184. The molecule has 0 aromatic carbocycles. The Morgan fingerprint density at radius 3 is 2.76 bits per heavy atom. The van der Waals surface area contributed by atoms with Gasteiger partial charge in [0.15, 0.2) is 0 Å². The molecular weight excluding hydrogens is 268 g/mol. The number of rotatable bonds is 5. The van der Waals surface area contributed by atoms with E-state index in [0.717, 1.165) is 32.0 Å². The molecule has 7 heteroatoms. The quantitative estimate of drug-likeness (QED) is 0.729. The summed E-state index contributed by atoms with van der Waals surface area (Å²) in [6.45, 7) is 4.11. The molecule has 1 aromatic heterocycles. The summed E-state index contributed by atoms with van der Waals surface area (Å²) < 4.78 is 0. The molecule has 1 amide bonds. The van der Waals surface area contributed by atoms with Gasteiger partial charge in [-0.1, -0.05) is 0 Å². The molecule has 1 aliphatic rings. The van der Waals surface area contributed by atoms with Crippen LogP contribution in [0.3, 0.4) is 0 Å². The van der Waals surface area contributed by atoms with Gasteiger partial charge in [0.25, 0.3) is 0 Å². The fourth-order valence-corrected chi connectivity index (χ4v) is 2.24. The molecule has 2 rings (SSSR count). The minimum atomic E-state index is -0.0238. The Balaban J connectivity index is 1.74. The van der Waals surface area contributed by atoms with E-state index in [2.05, 4.69) is 20.1 Å². The number of amides is 1. The zero-order valence-corrected chi connectivity index (χ0v) is 12.0. The van der Waals surface area contributed by atoms with Crippen molar-refractivity contribution in [3.8, 4) is 6.07 Å². The monoisotopic (exact) mass is 288 g/mol. The number of piperazine rings is 1. The summed E-state index contributed by atoms with van der Waals surface area (Å²) in [7, 11) is 0. The normalized spacial score (nSPS) is 15.5. The van der Waals surface area contributed by atoms with Crippen LogP contribution in [0.5, 0.6) is 0 Å². The lowest BCUT2D eigenvalue weighted by molar-refractivity contribution is -0.122. The average molecular weight is 288 g/mol. The highest BCUT2D eigenvalue weighted by Gasteiger charge is 2.19. The van der Waals surface area contributed by atoms with Gasteiger partial charge in [-0.15, -0.1) is 0 Å². The number of nitrogen functional groups attached to an aromatic ring is 1. The molecule has 7 nitrogen and oxygen atoms in total. The summed E-state index contributed by atoms with van der Waals surface area (Å²) in [6.07, 6.45) is 2.01. The smallest absolute Gasteiger partial charge is 0.234 e. The Kier molecular flexibility index (Phi) is 5.35. The predicted molar refractivity (Wildman–Crippen MR) is 80.5 cm³/mol. The van der Waals surface area contributed by atoms with Gasteiger partial charge in [0.05, 0.1) is 30.9 Å². The molecule has 21 heavy (non-hydrogen) atoms. The molecule has 1 saturated heterocycles. The van der Waals surface area contributed by atoms with Gasteiger partial charge in [-0.3, -0.25) is 9.69 Å². The van der Waals surface area contributed by atoms with Crippen molar-refractivity contribution in [1.29, 1.82) is 5.26 Å². The van der Waals surface area contributed by atoms with Crippen LogP contribution in [-0.2, 0) is 4.79 Å². The molecule has 2 heterocycles. The molecule has 112 valence electrons. The van der Waals surface area contributed by atoms with Crippen LogP contribution in [0, 0.1) is 11.3 Å². The van der Waals surface area contributed by atoms with E-state index in [1.807, 2.05) is 18.2 Å². The molecule has 0 aliphatic carbocycles. The molecule has 0 atom stereocenters. The summed E-state index contributed by atoms with van der Waals surface area (Å²) in [4.78, 5) is 20.3. The summed E-state index contributed by atoms with van der Waals surface area (Å²) in [5.74, 6) is 0.895. The lowest BCUT2D eigenvalue weighted by Gasteiger charge is -2.35. The van der Waals surface area contributed by atoms with E-state index in [0.29, 0.717) is 25.2 Å². The number of nitrogens with two attached hydrogens (primary N) is 1.